The highest BCUT2D eigenvalue weighted by molar-refractivity contribution is 6.31. The summed E-state index contributed by atoms with van der Waals surface area (Å²) in [6.45, 7) is -0.0786. The molecular formula is C16H16ClN3O2. The Balaban J connectivity index is 1.92. The van der Waals surface area contributed by atoms with Crippen LogP contribution in [0.15, 0.2) is 29.6 Å². The lowest BCUT2D eigenvalue weighted by Crippen LogP contribution is -2.21. The smallest absolute Gasteiger partial charge is 0.323 e. The molecule has 0 atom stereocenters. The molecule has 1 aromatic carbocycles. The predicted octanol–water partition coefficient (Wildman–Crippen LogP) is 4.00. The summed E-state index contributed by atoms with van der Waals surface area (Å²) in [6.07, 6.45) is 4.36. The minimum absolute atomic E-state index is 0.0786. The van der Waals surface area contributed by atoms with Crippen LogP contribution in [-0.2, 0) is 11.3 Å². The number of nitrogens with one attached hydrogen (secondary N) is 2. The maximum atomic E-state index is 11.2. The van der Waals surface area contributed by atoms with Crippen LogP contribution in [0, 0.1) is 0 Å². The van der Waals surface area contributed by atoms with Crippen LogP contribution >= 0.6 is 11.6 Å². The zero-order valence-corrected chi connectivity index (χ0v) is 12.7. The lowest BCUT2D eigenvalue weighted by Gasteiger charge is -2.28. The average molecular weight is 318 g/mol. The second-order valence-electron chi connectivity index (χ2n) is 5.78. The van der Waals surface area contributed by atoms with Crippen LogP contribution in [0.3, 0.4) is 0 Å². The molecule has 5 nitrogen and oxygen atoms in total. The molecular weight excluding hydrogens is 302 g/mol. The molecule has 2 heterocycles. The summed E-state index contributed by atoms with van der Waals surface area (Å²) in [6, 6.07) is 5.55. The Bertz CT molecular complexity index is 822. The number of carboxylic acid groups (broad SMARTS) is 1. The third-order valence-electron chi connectivity index (χ3n) is 4.33. The lowest BCUT2D eigenvalue weighted by molar-refractivity contribution is -0.137. The Kier molecular flexibility index (Phi) is 3.04. The molecule has 1 aromatic heterocycles. The number of aliphatic carboxylic acids is 1. The van der Waals surface area contributed by atoms with Crippen molar-refractivity contribution in [2.75, 3.05) is 10.6 Å². The van der Waals surface area contributed by atoms with E-state index < -0.39 is 5.97 Å². The van der Waals surface area contributed by atoms with Crippen LogP contribution in [-0.4, -0.2) is 15.6 Å². The number of carbonyl (C=O) groups is 1. The zero-order chi connectivity index (χ0) is 15.3. The van der Waals surface area contributed by atoms with E-state index in [2.05, 4.69) is 10.6 Å². The standard InChI is InChI=1S/C16H16ClN3O2/c17-9-5-6-13-10(7-9)15-16(20(13)8-14(21)22)19-12-4-2-1-3-11(12)18-15/h5-7,18-19H,1-4,8H2,(H,21,22). The van der Waals surface area contributed by atoms with Gasteiger partial charge in [0.2, 0.25) is 0 Å². The predicted molar refractivity (Wildman–Crippen MR) is 87.3 cm³/mol. The molecule has 0 spiro atoms. The Hall–Kier alpha value is -2.14. The fourth-order valence-corrected chi connectivity index (χ4v) is 3.53. The molecule has 4 rings (SSSR count). The normalized spacial score (nSPS) is 16.8. The van der Waals surface area contributed by atoms with Crippen molar-refractivity contribution < 1.29 is 9.90 Å². The summed E-state index contributed by atoms with van der Waals surface area (Å²) >= 11 is 6.13. The van der Waals surface area contributed by atoms with Gasteiger partial charge >= 0.3 is 5.97 Å². The number of halogens is 1. The molecule has 0 radical (unpaired) electrons. The number of allylic oxidation sites excluding steroid dienone is 2. The molecule has 114 valence electrons. The fourth-order valence-electron chi connectivity index (χ4n) is 3.36. The van der Waals surface area contributed by atoms with Gasteiger partial charge in [-0.3, -0.25) is 4.79 Å². The maximum absolute atomic E-state index is 11.2. The van der Waals surface area contributed by atoms with Crippen molar-refractivity contribution in [3.63, 3.8) is 0 Å². The van der Waals surface area contributed by atoms with Gasteiger partial charge in [-0.25, -0.2) is 0 Å². The van der Waals surface area contributed by atoms with Crippen molar-refractivity contribution in [3.05, 3.63) is 34.6 Å². The minimum Gasteiger partial charge on any atom is -0.480 e. The van der Waals surface area contributed by atoms with Gasteiger partial charge in [0.15, 0.2) is 0 Å². The molecule has 2 aliphatic rings. The van der Waals surface area contributed by atoms with Gasteiger partial charge in [0.05, 0.1) is 11.2 Å². The highest BCUT2D eigenvalue weighted by Crippen LogP contribution is 2.43. The summed E-state index contributed by atoms with van der Waals surface area (Å²) in [5.41, 5.74) is 4.20. The molecule has 6 heteroatoms. The quantitative estimate of drug-likeness (QED) is 0.783. The Morgan fingerprint density at radius 2 is 1.95 bits per heavy atom. The SMILES string of the molecule is O=C(O)Cn1c2c(c3cc(Cl)ccc31)NC1=C(CCCC1)N2. The van der Waals surface area contributed by atoms with Crippen molar-refractivity contribution in [1.82, 2.24) is 4.57 Å². The summed E-state index contributed by atoms with van der Waals surface area (Å²) in [7, 11) is 0. The first kappa shape index (κ1) is 13.5. The van der Waals surface area contributed by atoms with Gasteiger partial charge in [-0.2, -0.15) is 0 Å². The van der Waals surface area contributed by atoms with Crippen LogP contribution in [0.2, 0.25) is 5.02 Å². The van der Waals surface area contributed by atoms with E-state index in [-0.39, 0.29) is 6.54 Å². The summed E-state index contributed by atoms with van der Waals surface area (Å²) in [5.74, 6) is -0.0415. The second kappa shape index (κ2) is 4.95. The molecule has 22 heavy (non-hydrogen) atoms. The van der Waals surface area contributed by atoms with Gasteiger partial charge < -0.3 is 20.3 Å². The highest BCUT2D eigenvalue weighted by atomic mass is 35.5. The molecule has 3 N–H and O–H groups in total. The Morgan fingerprint density at radius 3 is 2.68 bits per heavy atom. The van der Waals surface area contributed by atoms with Gasteiger partial charge in [0.1, 0.15) is 12.4 Å². The van der Waals surface area contributed by atoms with Gasteiger partial charge in [-0.1, -0.05) is 11.6 Å². The van der Waals surface area contributed by atoms with Crippen LogP contribution in [0.1, 0.15) is 25.7 Å². The van der Waals surface area contributed by atoms with Crippen molar-refractivity contribution in [3.8, 4) is 0 Å². The zero-order valence-electron chi connectivity index (χ0n) is 11.9. The number of aromatic nitrogens is 1. The van der Waals surface area contributed by atoms with Crippen molar-refractivity contribution in [2.24, 2.45) is 0 Å². The lowest BCUT2D eigenvalue weighted by atomic mass is 9.99. The Labute approximate surface area is 132 Å². The largest absolute Gasteiger partial charge is 0.480 e. The summed E-state index contributed by atoms with van der Waals surface area (Å²) in [5, 5.41) is 17.8. The minimum atomic E-state index is -0.861. The van der Waals surface area contributed by atoms with Crippen LogP contribution in [0.25, 0.3) is 10.9 Å². The number of hydrogen-bond acceptors (Lipinski definition) is 3. The van der Waals surface area contributed by atoms with E-state index in [0.717, 1.165) is 41.7 Å². The summed E-state index contributed by atoms with van der Waals surface area (Å²) in [4.78, 5) is 11.2. The number of hydrogen-bond donors (Lipinski definition) is 3. The number of anilines is 2. The van der Waals surface area contributed by atoms with E-state index in [1.807, 2.05) is 12.1 Å². The fraction of sp³-hybridized carbons (Fsp3) is 0.312. The summed E-state index contributed by atoms with van der Waals surface area (Å²) < 4.78 is 1.80. The molecule has 0 amide bonds. The van der Waals surface area contributed by atoms with Crippen LogP contribution in [0.5, 0.6) is 0 Å². The number of benzene rings is 1. The average Bonchev–Trinajstić information content (AvgIpc) is 2.78. The van der Waals surface area contributed by atoms with Gasteiger partial charge in [-0.15, -0.1) is 0 Å². The first-order chi connectivity index (χ1) is 10.6. The maximum Gasteiger partial charge on any atom is 0.323 e. The Morgan fingerprint density at radius 1 is 1.23 bits per heavy atom. The van der Waals surface area contributed by atoms with E-state index in [1.54, 1.807) is 10.6 Å². The first-order valence-corrected chi connectivity index (χ1v) is 7.81. The van der Waals surface area contributed by atoms with Crippen molar-refractivity contribution in [2.45, 2.75) is 32.2 Å². The van der Waals surface area contributed by atoms with E-state index in [9.17, 15) is 9.90 Å². The first-order valence-electron chi connectivity index (χ1n) is 7.43. The van der Waals surface area contributed by atoms with Gasteiger partial charge in [-0.05, 0) is 43.9 Å². The second-order valence-corrected chi connectivity index (χ2v) is 6.22. The topological polar surface area (TPSA) is 66.3 Å². The molecule has 1 aliphatic carbocycles. The third-order valence-corrected chi connectivity index (χ3v) is 4.57. The molecule has 0 bridgehead atoms. The monoisotopic (exact) mass is 317 g/mol. The molecule has 0 saturated heterocycles. The van der Waals surface area contributed by atoms with E-state index >= 15 is 0 Å². The third kappa shape index (κ3) is 2.04. The molecule has 1 aliphatic heterocycles. The number of rotatable bonds is 2. The van der Waals surface area contributed by atoms with Crippen molar-refractivity contribution >= 4 is 40.0 Å². The highest BCUT2D eigenvalue weighted by Gasteiger charge is 2.26. The van der Waals surface area contributed by atoms with E-state index in [1.165, 1.54) is 17.8 Å². The van der Waals surface area contributed by atoms with Gasteiger partial charge in [0.25, 0.3) is 0 Å². The number of fused-ring (bicyclic) bond motifs is 3. The number of carboxylic acids is 1. The molecule has 0 saturated carbocycles. The van der Waals surface area contributed by atoms with Gasteiger partial charge in [0, 0.05) is 21.8 Å². The van der Waals surface area contributed by atoms with E-state index in [4.69, 9.17) is 11.6 Å². The van der Waals surface area contributed by atoms with Crippen LogP contribution < -0.4 is 10.6 Å². The number of nitrogens with zero attached hydrogens (tertiary/aromatic N) is 1. The van der Waals surface area contributed by atoms with E-state index in [0.29, 0.717) is 5.02 Å². The molecule has 0 fully saturated rings. The molecule has 2 aromatic rings. The van der Waals surface area contributed by atoms with Crippen molar-refractivity contribution in [1.29, 1.82) is 0 Å². The van der Waals surface area contributed by atoms with Crippen LogP contribution in [0.4, 0.5) is 11.5 Å². The molecule has 0 unspecified atom stereocenters.